The summed E-state index contributed by atoms with van der Waals surface area (Å²) in [7, 11) is -3.80. The number of esters is 1. The van der Waals surface area contributed by atoms with Gasteiger partial charge in [0, 0.05) is 11.8 Å². The molecule has 0 saturated heterocycles. The average molecular weight is 414 g/mol. The molecule has 0 heterocycles. The molecule has 0 aliphatic rings. The fraction of sp³-hybridized carbons (Fsp3) is 0.533. The molecule has 10 heteroatoms. The zero-order valence-electron chi connectivity index (χ0n) is 13.8. The van der Waals surface area contributed by atoms with Crippen LogP contribution in [0.2, 0.25) is 0 Å². The standard InChI is InChI=1S/C15H22Cl2NO6P/c1-2-22-15(20)14(11-12-3-5-13(19)6-4-12)18-25(21,23-9-7-16)24-10-8-17/h3-6,14,19H,2,7-11H2,1H3,(H,18,21). The van der Waals surface area contributed by atoms with Crippen LogP contribution in [0, 0.1) is 0 Å². The molecule has 1 aromatic carbocycles. The van der Waals surface area contributed by atoms with E-state index in [-0.39, 0.29) is 43.8 Å². The van der Waals surface area contributed by atoms with Crippen molar-refractivity contribution < 1.29 is 28.3 Å². The molecule has 0 radical (unpaired) electrons. The van der Waals surface area contributed by atoms with Gasteiger partial charge in [-0.1, -0.05) is 12.1 Å². The first-order valence-electron chi connectivity index (χ1n) is 7.67. The zero-order valence-corrected chi connectivity index (χ0v) is 16.2. The highest BCUT2D eigenvalue weighted by Crippen LogP contribution is 2.44. The maximum absolute atomic E-state index is 12.8. The Morgan fingerprint density at radius 2 is 1.76 bits per heavy atom. The molecular weight excluding hydrogens is 392 g/mol. The number of phenolic OH excluding ortho intramolecular Hbond substituents is 1. The average Bonchev–Trinajstić information content (AvgIpc) is 2.60. The Labute approximate surface area is 157 Å². The summed E-state index contributed by atoms with van der Waals surface area (Å²) in [6, 6.07) is 5.30. The SMILES string of the molecule is CCOC(=O)C(Cc1ccc(O)cc1)NP(=O)(OCCCl)OCCCl. The minimum absolute atomic E-state index is 0.0249. The summed E-state index contributed by atoms with van der Waals surface area (Å²) < 4.78 is 28.2. The first kappa shape index (κ1) is 22.2. The van der Waals surface area contributed by atoms with Gasteiger partial charge >= 0.3 is 13.7 Å². The van der Waals surface area contributed by atoms with Crippen LogP contribution in [0.5, 0.6) is 5.75 Å². The van der Waals surface area contributed by atoms with Crippen molar-refractivity contribution in [2.24, 2.45) is 0 Å². The summed E-state index contributed by atoms with van der Waals surface area (Å²) in [5.41, 5.74) is 0.726. The molecule has 2 N–H and O–H groups in total. The Morgan fingerprint density at radius 1 is 1.20 bits per heavy atom. The van der Waals surface area contributed by atoms with Crippen molar-refractivity contribution in [3.63, 3.8) is 0 Å². The first-order valence-corrected chi connectivity index (χ1v) is 10.3. The predicted octanol–water partition coefficient (Wildman–Crippen LogP) is 3.07. The number of carbonyl (C=O) groups excluding carboxylic acids is 1. The normalized spacial score (nSPS) is 12.8. The minimum atomic E-state index is -3.80. The molecule has 0 aromatic heterocycles. The van der Waals surface area contributed by atoms with Crippen molar-refractivity contribution >= 4 is 36.9 Å². The van der Waals surface area contributed by atoms with E-state index in [2.05, 4.69) is 5.09 Å². The van der Waals surface area contributed by atoms with Crippen LogP contribution in [0.1, 0.15) is 12.5 Å². The molecule has 0 bridgehead atoms. The maximum atomic E-state index is 12.8. The van der Waals surface area contributed by atoms with Crippen LogP contribution >= 0.6 is 30.9 Å². The fourth-order valence-corrected chi connectivity index (χ4v) is 3.74. The molecule has 1 unspecified atom stereocenters. The van der Waals surface area contributed by atoms with Gasteiger partial charge in [0.15, 0.2) is 0 Å². The number of hydrogen-bond donors (Lipinski definition) is 2. The van der Waals surface area contributed by atoms with Crippen LogP contribution < -0.4 is 5.09 Å². The van der Waals surface area contributed by atoms with E-state index in [4.69, 9.17) is 37.0 Å². The summed E-state index contributed by atoms with van der Waals surface area (Å²) in [6.07, 6.45) is 0.164. The van der Waals surface area contributed by atoms with E-state index in [1.165, 1.54) is 12.1 Å². The van der Waals surface area contributed by atoms with Gasteiger partial charge in [-0.3, -0.25) is 13.8 Å². The number of benzene rings is 1. The van der Waals surface area contributed by atoms with Crippen LogP contribution in [0.4, 0.5) is 0 Å². The van der Waals surface area contributed by atoms with E-state index in [1.54, 1.807) is 19.1 Å². The van der Waals surface area contributed by atoms with E-state index < -0.39 is 19.8 Å². The summed E-state index contributed by atoms with van der Waals surface area (Å²) in [4.78, 5) is 12.2. The van der Waals surface area contributed by atoms with Gasteiger partial charge in [-0.25, -0.2) is 9.65 Å². The zero-order chi connectivity index (χ0) is 18.7. The lowest BCUT2D eigenvalue weighted by molar-refractivity contribution is -0.145. The molecule has 0 spiro atoms. The topological polar surface area (TPSA) is 94.1 Å². The Hall–Kier alpha value is -0.820. The maximum Gasteiger partial charge on any atom is 0.406 e. The third kappa shape index (κ3) is 8.40. The third-order valence-corrected chi connectivity index (χ3v) is 4.92. The van der Waals surface area contributed by atoms with Crippen molar-refractivity contribution in [2.45, 2.75) is 19.4 Å². The molecular formula is C15H22Cl2NO6P. The van der Waals surface area contributed by atoms with Gasteiger partial charge in [0.05, 0.1) is 19.8 Å². The highest BCUT2D eigenvalue weighted by atomic mass is 35.5. The summed E-state index contributed by atoms with van der Waals surface area (Å²) in [5.74, 6) is -0.277. The van der Waals surface area contributed by atoms with Crippen LogP contribution in [-0.2, 0) is 29.6 Å². The molecule has 1 rings (SSSR count). The number of hydrogen-bond acceptors (Lipinski definition) is 6. The highest BCUT2D eigenvalue weighted by molar-refractivity contribution is 7.51. The molecule has 142 valence electrons. The summed E-state index contributed by atoms with van der Waals surface area (Å²) >= 11 is 11.1. The van der Waals surface area contributed by atoms with E-state index in [0.717, 1.165) is 5.56 Å². The number of aromatic hydroxyl groups is 1. The van der Waals surface area contributed by atoms with Gasteiger partial charge in [0.25, 0.3) is 0 Å². The molecule has 0 aliphatic carbocycles. The first-order chi connectivity index (χ1) is 11.9. The molecule has 0 fully saturated rings. The molecule has 1 atom stereocenters. The molecule has 25 heavy (non-hydrogen) atoms. The number of phenols is 1. The Kier molecular flexibility index (Phi) is 10.4. The Morgan fingerprint density at radius 3 is 2.24 bits per heavy atom. The van der Waals surface area contributed by atoms with E-state index in [1.807, 2.05) is 0 Å². The largest absolute Gasteiger partial charge is 0.508 e. The lowest BCUT2D eigenvalue weighted by atomic mass is 10.1. The molecule has 0 saturated carbocycles. The lowest BCUT2D eigenvalue weighted by Gasteiger charge is -2.24. The van der Waals surface area contributed by atoms with Crippen molar-refractivity contribution in [3.05, 3.63) is 29.8 Å². The smallest absolute Gasteiger partial charge is 0.406 e. The highest BCUT2D eigenvalue weighted by Gasteiger charge is 2.33. The van der Waals surface area contributed by atoms with Gasteiger partial charge in [-0.05, 0) is 31.0 Å². The number of alkyl halides is 2. The van der Waals surface area contributed by atoms with Gasteiger partial charge in [-0.15, -0.1) is 23.2 Å². The number of halogens is 2. The van der Waals surface area contributed by atoms with Crippen molar-refractivity contribution in [1.29, 1.82) is 0 Å². The molecule has 0 amide bonds. The monoisotopic (exact) mass is 413 g/mol. The van der Waals surface area contributed by atoms with Gasteiger partial charge in [0.2, 0.25) is 0 Å². The van der Waals surface area contributed by atoms with Gasteiger partial charge in [0.1, 0.15) is 11.8 Å². The van der Waals surface area contributed by atoms with E-state index >= 15 is 0 Å². The van der Waals surface area contributed by atoms with E-state index in [9.17, 15) is 14.5 Å². The summed E-state index contributed by atoms with van der Waals surface area (Å²) in [5, 5.41) is 12.0. The van der Waals surface area contributed by atoms with Crippen LogP contribution in [0.15, 0.2) is 24.3 Å². The second kappa shape index (κ2) is 11.7. The van der Waals surface area contributed by atoms with Crippen molar-refractivity contribution in [2.75, 3.05) is 31.6 Å². The van der Waals surface area contributed by atoms with Gasteiger partial charge < -0.3 is 9.84 Å². The van der Waals surface area contributed by atoms with Crippen molar-refractivity contribution in [1.82, 2.24) is 5.09 Å². The predicted molar refractivity (Wildman–Crippen MR) is 96.3 cm³/mol. The number of nitrogens with one attached hydrogen (secondary N) is 1. The lowest BCUT2D eigenvalue weighted by Crippen LogP contribution is -2.39. The number of ether oxygens (including phenoxy) is 1. The Balaban J connectivity index is 2.93. The quantitative estimate of drug-likeness (QED) is 0.308. The second-order valence-corrected chi connectivity index (χ2v) is 7.37. The minimum Gasteiger partial charge on any atom is -0.508 e. The molecule has 0 aliphatic heterocycles. The third-order valence-electron chi connectivity index (χ3n) is 2.94. The summed E-state index contributed by atoms with van der Waals surface area (Å²) in [6.45, 7) is 1.79. The fourth-order valence-electron chi connectivity index (χ4n) is 1.90. The molecule has 1 aromatic rings. The number of rotatable bonds is 12. The Bertz CT molecular complexity index is 560. The van der Waals surface area contributed by atoms with Crippen LogP contribution in [0.25, 0.3) is 0 Å². The number of carbonyl (C=O) groups is 1. The van der Waals surface area contributed by atoms with E-state index in [0.29, 0.717) is 0 Å². The van der Waals surface area contributed by atoms with Crippen LogP contribution in [-0.4, -0.2) is 48.7 Å². The second-order valence-electron chi connectivity index (χ2n) is 4.85. The van der Waals surface area contributed by atoms with Gasteiger partial charge in [-0.2, -0.15) is 0 Å². The van der Waals surface area contributed by atoms with Crippen LogP contribution in [0.3, 0.4) is 0 Å². The molecule has 7 nitrogen and oxygen atoms in total. The van der Waals surface area contributed by atoms with Crippen molar-refractivity contribution in [3.8, 4) is 5.75 Å².